The normalized spacial score (nSPS) is 11.2. The smallest absolute Gasteiger partial charge is 0.358 e. The third-order valence-electron chi connectivity index (χ3n) is 10.0. The zero-order chi connectivity index (χ0) is 39.9. The van der Waals surface area contributed by atoms with Crippen LogP contribution in [0.3, 0.4) is 0 Å². The number of tetrazole rings is 1. The highest BCUT2D eigenvalue weighted by Gasteiger charge is 2.42. The summed E-state index contributed by atoms with van der Waals surface area (Å²) in [5.41, 5.74) is 6.96. The Bertz CT molecular complexity index is 2410. The third kappa shape index (κ3) is 7.41. The molecule has 0 aliphatic rings. The van der Waals surface area contributed by atoms with Gasteiger partial charge in [-0.15, -0.1) is 5.10 Å². The second-order valence-electron chi connectivity index (χ2n) is 13.9. The number of anilines is 1. The van der Waals surface area contributed by atoms with Gasteiger partial charge in [-0.2, -0.15) is 0 Å². The minimum absolute atomic E-state index is 0.192. The first kappa shape index (κ1) is 38.3. The molecule has 0 radical (unpaired) electrons. The van der Waals surface area contributed by atoms with E-state index >= 15 is 0 Å². The van der Waals surface area contributed by atoms with Gasteiger partial charge in [0.05, 0.1) is 6.61 Å². The van der Waals surface area contributed by atoms with E-state index in [9.17, 15) is 9.59 Å². The van der Waals surface area contributed by atoms with Crippen molar-refractivity contribution in [1.29, 1.82) is 0 Å². The molecule has 0 saturated carbocycles. The Morgan fingerprint density at radius 2 is 1.28 bits per heavy atom. The average molecular weight is 756 g/mol. The van der Waals surface area contributed by atoms with Gasteiger partial charge in [-0.05, 0) is 64.6 Å². The fourth-order valence-electron chi connectivity index (χ4n) is 7.40. The standard InChI is InChI=1S/C47H45N7O3/c1-6-41-48-45(52(5)42(55)31-33(3)4)43(46(56)57-7-2)53(41)32-34-27-29-35(30-28-34)39-25-17-18-26-40(39)44-49-50-51-54(44)47(36-19-11-8-12-20-36,37-21-13-9-14-22-37)38-23-15-10-16-24-38/h8-31H,6-7,32H2,1-5H3. The van der Waals surface area contributed by atoms with Gasteiger partial charge in [0.25, 0.3) is 5.91 Å². The van der Waals surface area contributed by atoms with Crippen molar-refractivity contribution in [1.82, 2.24) is 29.8 Å². The van der Waals surface area contributed by atoms with Crippen molar-refractivity contribution >= 4 is 17.7 Å². The second kappa shape index (κ2) is 16.8. The molecule has 2 aromatic heterocycles. The van der Waals surface area contributed by atoms with Crippen LogP contribution in [0.25, 0.3) is 22.5 Å². The number of carbonyl (C=O) groups excluding carboxylic acids is 2. The van der Waals surface area contributed by atoms with Gasteiger partial charge in [0.2, 0.25) is 0 Å². The largest absolute Gasteiger partial charge is 0.461 e. The number of imidazole rings is 1. The second-order valence-corrected chi connectivity index (χ2v) is 13.9. The summed E-state index contributed by atoms with van der Waals surface area (Å²) in [4.78, 5) is 32.7. The Balaban J connectivity index is 1.31. The lowest BCUT2D eigenvalue weighted by molar-refractivity contribution is -0.114. The van der Waals surface area contributed by atoms with Gasteiger partial charge in [0, 0.05) is 31.7 Å². The van der Waals surface area contributed by atoms with Crippen molar-refractivity contribution in [3.63, 3.8) is 0 Å². The van der Waals surface area contributed by atoms with Crippen LogP contribution in [0.15, 0.2) is 151 Å². The van der Waals surface area contributed by atoms with E-state index in [1.165, 1.54) is 11.0 Å². The molecule has 7 aromatic rings. The minimum atomic E-state index is -0.902. The SMILES string of the molecule is CCOC(=O)c1c(N(C)C(=O)C=C(C)C)nc(CC)n1Cc1ccc(-c2ccccc2-c2nnnn2C(c2ccccc2)(c2ccccc2)c2ccccc2)cc1. The monoisotopic (exact) mass is 755 g/mol. The Labute approximate surface area is 333 Å². The van der Waals surface area contributed by atoms with E-state index in [0.717, 1.165) is 44.5 Å². The summed E-state index contributed by atoms with van der Waals surface area (Å²) in [6.45, 7) is 7.99. The van der Waals surface area contributed by atoms with Crippen LogP contribution >= 0.6 is 0 Å². The molecule has 10 nitrogen and oxygen atoms in total. The number of hydrogen-bond acceptors (Lipinski definition) is 7. The van der Waals surface area contributed by atoms with Crippen molar-refractivity contribution in [3.05, 3.63) is 185 Å². The molecule has 0 saturated heterocycles. The predicted octanol–water partition coefficient (Wildman–Crippen LogP) is 8.76. The molecule has 0 N–H and O–H groups in total. The van der Waals surface area contributed by atoms with Gasteiger partial charge in [-0.1, -0.05) is 152 Å². The quantitative estimate of drug-likeness (QED) is 0.0658. The maximum absolute atomic E-state index is 13.5. The zero-order valence-electron chi connectivity index (χ0n) is 32.8. The number of ether oxygens (including phenoxy) is 1. The van der Waals surface area contributed by atoms with E-state index < -0.39 is 11.5 Å². The number of aryl methyl sites for hydroxylation is 1. The number of rotatable bonds is 13. The number of benzene rings is 5. The summed E-state index contributed by atoms with van der Waals surface area (Å²) in [6, 6.07) is 47.4. The Morgan fingerprint density at radius 3 is 1.81 bits per heavy atom. The molecule has 0 aliphatic carbocycles. The number of hydrogen-bond donors (Lipinski definition) is 0. The van der Waals surface area contributed by atoms with Crippen LogP contribution in [-0.2, 0) is 28.0 Å². The van der Waals surface area contributed by atoms with E-state index in [0.29, 0.717) is 24.6 Å². The number of nitrogens with zero attached hydrogens (tertiary/aromatic N) is 7. The number of aromatic nitrogens is 6. The highest BCUT2D eigenvalue weighted by molar-refractivity contribution is 6.05. The molecule has 286 valence electrons. The van der Waals surface area contributed by atoms with Crippen LogP contribution in [0.5, 0.6) is 0 Å². The number of esters is 1. The molecule has 0 bridgehead atoms. The van der Waals surface area contributed by atoms with Crippen LogP contribution in [0.2, 0.25) is 0 Å². The van der Waals surface area contributed by atoms with Crippen molar-refractivity contribution in [2.75, 3.05) is 18.6 Å². The molecular formula is C47H45N7O3. The highest BCUT2D eigenvalue weighted by atomic mass is 16.5. The average Bonchev–Trinajstić information content (AvgIpc) is 3.88. The molecule has 0 aliphatic heterocycles. The lowest BCUT2D eigenvalue weighted by atomic mass is 9.77. The van der Waals surface area contributed by atoms with Crippen molar-refractivity contribution < 1.29 is 14.3 Å². The number of allylic oxidation sites excluding steroid dienone is 1. The van der Waals surface area contributed by atoms with Crippen LogP contribution in [0.1, 0.15) is 66.3 Å². The van der Waals surface area contributed by atoms with Gasteiger partial charge in [0.1, 0.15) is 11.4 Å². The molecular weight excluding hydrogens is 711 g/mol. The molecule has 0 fully saturated rings. The van der Waals surface area contributed by atoms with Crippen molar-refractivity contribution in [3.8, 4) is 22.5 Å². The summed E-state index contributed by atoms with van der Waals surface area (Å²) in [6.07, 6.45) is 2.08. The number of amides is 1. The third-order valence-corrected chi connectivity index (χ3v) is 10.0. The molecule has 0 atom stereocenters. The summed E-state index contributed by atoms with van der Waals surface area (Å²) >= 11 is 0. The van der Waals surface area contributed by atoms with Gasteiger partial charge < -0.3 is 9.30 Å². The van der Waals surface area contributed by atoms with Crippen LogP contribution in [0.4, 0.5) is 5.82 Å². The first-order chi connectivity index (χ1) is 27.8. The Morgan fingerprint density at radius 1 is 0.737 bits per heavy atom. The van der Waals surface area contributed by atoms with E-state index in [2.05, 4.69) is 65.9 Å². The van der Waals surface area contributed by atoms with Crippen molar-refractivity contribution in [2.24, 2.45) is 0 Å². The molecule has 1 amide bonds. The van der Waals surface area contributed by atoms with E-state index in [4.69, 9.17) is 20.0 Å². The molecule has 7 rings (SSSR count). The maximum atomic E-state index is 13.5. The predicted molar refractivity (Wildman–Crippen MR) is 223 cm³/mol. The number of likely N-dealkylation sites (N-methyl/N-ethyl adjacent to an activating group) is 1. The topological polar surface area (TPSA) is 108 Å². The molecule has 57 heavy (non-hydrogen) atoms. The molecule has 0 unspecified atom stereocenters. The molecule has 0 spiro atoms. The summed E-state index contributed by atoms with van der Waals surface area (Å²) in [5.74, 6) is 0.752. The van der Waals surface area contributed by atoms with Crippen LogP contribution < -0.4 is 4.90 Å². The zero-order valence-corrected chi connectivity index (χ0v) is 32.8. The van der Waals surface area contributed by atoms with Crippen LogP contribution in [-0.4, -0.2) is 55.3 Å². The first-order valence-electron chi connectivity index (χ1n) is 19.1. The lowest BCUT2D eigenvalue weighted by Crippen LogP contribution is -2.39. The Kier molecular flexibility index (Phi) is 11.3. The van der Waals surface area contributed by atoms with Gasteiger partial charge in [-0.25, -0.2) is 14.5 Å². The van der Waals surface area contributed by atoms with Crippen LogP contribution in [0, 0.1) is 0 Å². The summed E-state index contributed by atoms with van der Waals surface area (Å²) in [5, 5.41) is 13.8. The fourth-order valence-corrected chi connectivity index (χ4v) is 7.40. The molecule has 10 heteroatoms. The maximum Gasteiger partial charge on any atom is 0.358 e. The molecule has 2 heterocycles. The van der Waals surface area contributed by atoms with Crippen molar-refractivity contribution in [2.45, 2.75) is 46.2 Å². The number of carbonyl (C=O) groups is 2. The van der Waals surface area contributed by atoms with E-state index in [1.54, 1.807) is 14.0 Å². The van der Waals surface area contributed by atoms with Gasteiger partial charge >= 0.3 is 5.97 Å². The highest BCUT2D eigenvalue weighted by Crippen LogP contribution is 2.43. The summed E-state index contributed by atoms with van der Waals surface area (Å²) in [7, 11) is 1.63. The van der Waals surface area contributed by atoms with Gasteiger partial charge in [0.15, 0.2) is 17.3 Å². The Hall–Kier alpha value is -6.94. The summed E-state index contributed by atoms with van der Waals surface area (Å²) < 4.78 is 9.29. The van der Waals surface area contributed by atoms with Gasteiger partial charge in [-0.3, -0.25) is 9.69 Å². The first-order valence-corrected chi connectivity index (χ1v) is 19.1. The van der Waals surface area contributed by atoms with E-state index in [1.807, 2.05) is 109 Å². The molecule has 5 aromatic carbocycles. The lowest BCUT2D eigenvalue weighted by Gasteiger charge is -2.36. The minimum Gasteiger partial charge on any atom is -0.461 e. The fraction of sp³-hybridized carbons (Fsp3) is 0.191. The van der Waals surface area contributed by atoms with E-state index in [-0.39, 0.29) is 24.0 Å².